The number of rotatable bonds is 2. The molecular formula is C18H26N4O4S. The third kappa shape index (κ3) is 2.22. The van der Waals surface area contributed by atoms with Crippen molar-refractivity contribution in [3.63, 3.8) is 0 Å². The number of thiophene rings is 1. The molecule has 0 atom stereocenters. The van der Waals surface area contributed by atoms with Crippen LogP contribution in [-0.2, 0) is 10.4 Å². The standard InChI is InChI=1S/C18H26N4O4S/c1-15(2)16(3,4)20(24)13(19(15)23)11-9-12(27-10-11)14-21(25)17(5,6)18(7,8)22(14)26/h9-10H,1-8H3. The number of hydrogen-bond donors (Lipinski definition) is 0. The molecule has 2 aliphatic rings. The van der Waals surface area contributed by atoms with E-state index in [2.05, 4.69) is 0 Å². The Morgan fingerprint density at radius 2 is 1.22 bits per heavy atom. The van der Waals surface area contributed by atoms with Crippen molar-refractivity contribution in [1.29, 1.82) is 0 Å². The van der Waals surface area contributed by atoms with Crippen LogP contribution in [0.15, 0.2) is 11.4 Å². The summed E-state index contributed by atoms with van der Waals surface area (Å²) in [7, 11) is 0. The van der Waals surface area contributed by atoms with Gasteiger partial charge in [0.25, 0.3) is 0 Å². The van der Waals surface area contributed by atoms with Gasteiger partial charge in [-0.3, -0.25) is 9.48 Å². The van der Waals surface area contributed by atoms with Crippen molar-refractivity contribution >= 4 is 23.0 Å². The van der Waals surface area contributed by atoms with Crippen molar-refractivity contribution in [1.82, 2.24) is 10.1 Å². The van der Waals surface area contributed by atoms with Gasteiger partial charge in [0.2, 0.25) is 0 Å². The lowest BCUT2D eigenvalue weighted by atomic mass is 9.84. The fourth-order valence-electron chi connectivity index (χ4n) is 3.22. The van der Waals surface area contributed by atoms with Gasteiger partial charge in [0.05, 0.1) is 5.56 Å². The molecular weight excluding hydrogens is 368 g/mol. The van der Waals surface area contributed by atoms with E-state index in [9.17, 15) is 20.8 Å². The van der Waals surface area contributed by atoms with Crippen LogP contribution < -0.4 is 0 Å². The summed E-state index contributed by atoms with van der Waals surface area (Å²) in [6.45, 7) is 13.8. The van der Waals surface area contributed by atoms with Gasteiger partial charge in [0, 0.05) is 15.8 Å². The maximum absolute atomic E-state index is 12.8. The zero-order valence-electron chi connectivity index (χ0n) is 17.0. The third-order valence-corrected chi connectivity index (χ3v) is 7.80. The third-order valence-electron chi connectivity index (χ3n) is 6.87. The van der Waals surface area contributed by atoms with Crippen molar-refractivity contribution < 1.29 is 19.9 Å². The Labute approximate surface area is 163 Å². The summed E-state index contributed by atoms with van der Waals surface area (Å²) >= 11 is 1.17. The summed E-state index contributed by atoms with van der Waals surface area (Å²) < 4.78 is 1.45. The van der Waals surface area contributed by atoms with Gasteiger partial charge in [-0.15, -0.1) is 11.3 Å². The van der Waals surface area contributed by atoms with E-state index in [4.69, 9.17) is 0 Å². The molecule has 0 aromatic carbocycles. The first-order chi connectivity index (χ1) is 12.1. The lowest BCUT2D eigenvalue weighted by Gasteiger charge is -2.32. The van der Waals surface area contributed by atoms with E-state index in [1.165, 1.54) is 11.3 Å². The Morgan fingerprint density at radius 1 is 0.815 bits per heavy atom. The molecule has 0 saturated heterocycles. The second kappa shape index (κ2) is 5.36. The van der Waals surface area contributed by atoms with Crippen LogP contribution in [0.4, 0.5) is 0 Å². The van der Waals surface area contributed by atoms with E-state index in [0.717, 1.165) is 19.6 Å². The van der Waals surface area contributed by atoms with E-state index >= 15 is 0 Å². The van der Waals surface area contributed by atoms with E-state index in [1.54, 1.807) is 66.8 Å². The minimum Gasteiger partial charge on any atom is -0.714 e. The molecule has 8 nitrogen and oxygen atoms in total. The number of hydrogen-bond acceptors (Lipinski definition) is 5. The SMILES string of the molecule is CC1(C)N([O])C(c2csc(C3=[N+]([O-])C(C)(C)C(C)(C)N3[O])c2)=[N+]([O-])C1(C)C. The van der Waals surface area contributed by atoms with Crippen LogP contribution in [0.5, 0.6) is 0 Å². The Hall–Kier alpha value is -1.84. The van der Waals surface area contributed by atoms with Gasteiger partial charge < -0.3 is 10.4 Å². The monoisotopic (exact) mass is 394 g/mol. The van der Waals surface area contributed by atoms with Crippen LogP contribution in [0.25, 0.3) is 0 Å². The Kier molecular flexibility index (Phi) is 3.95. The zero-order chi connectivity index (χ0) is 20.7. The molecule has 9 heteroatoms. The molecule has 2 aliphatic heterocycles. The van der Waals surface area contributed by atoms with Gasteiger partial charge in [-0.2, -0.15) is 0 Å². The maximum atomic E-state index is 12.8. The van der Waals surface area contributed by atoms with E-state index in [-0.39, 0.29) is 11.7 Å². The average molecular weight is 394 g/mol. The molecule has 2 radical (unpaired) electrons. The molecule has 0 bridgehead atoms. The molecule has 27 heavy (non-hydrogen) atoms. The largest absolute Gasteiger partial charge is 0.714 e. The highest BCUT2D eigenvalue weighted by Gasteiger charge is 2.62. The highest BCUT2D eigenvalue weighted by atomic mass is 32.1. The first-order valence-corrected chi connectivity index (χ1v) is 9.70. The van der Waals surface area contributed by atoms with Crippen molar-refractivity contribution in [3.05, 3.63) is 32.3 Å². The highest BCUT2D eigenvalue weighted by Crippen LogP contribution is 2.40. The van der Waals surface area contributed by atoms with E-state index < -0.39 is 22.2 Å². The quantitative estimate of drug-likeness (QED) is 0.569. The molecule has 3 rings (SSSR count). The van der Waals surface area contributed by atoms with Crippen LogP contribution in [0.1, 0.15) is 65.8 Å². The summed E-state index contributed by atoms with van der Waals surface area (Å²) in [6.07, 6.45) is 0. The zero-order valence-corrected chi connectivity index (χ0v) is 17.8. The first kappa shape index (κ1) is 19.9. The molecule has 0 unspecified atom stereocenters. The topological polar surface area (TPSA) is 98.4 Å². The smallest absolute Gasteiger partial charge is 0.326 e. The number of nitrogens with zero attached hydrogens (tertiary/aromatic N) is 4. The van der Waals surface area contributed by atoms with Crippen molar-refractivity contribution in [2.45, 2.75) is 77.5 Å². The van der Waals surface area contributed by atoms with Crippen LogP contribution in [-0.4, -0.2) is 53.4 Å². The van der Waals surface area contributed by atoms with Crippen LogP contribution in [0.2, 0.25) is 0 Å². The maximum Gasteiger partial charge on any atom is 0.326 e. The van der Waals surface area contributed by atoms with Gasteiger partial charge in [0.15, 0.2) is 11.1 Å². The molecule has 1 aromatic heterocycles. The summed E-state index contributed by atoms with van der Waals surface area (Å²) in [6, 6.07) is 1.58. The minimum atomic E-state index is -0.925. The molecule has 0 N–H and O–H groups in total. The lowest BCUT2D eigenvalue weighted by molar-refractivity contribution is -0.539. The Balaban J connectivity index is 2.10. The number of amidine groups is 2. The Morgan fingerprint density at radius 3 is 1.59 bits per heavy atom. The summed E-state index contributed by atoms with van der Waals surface area (Å²) in [5.41, 5.74) is -3.28. The molecule has 0 amide bonds. The van der Waals surface area contributed by atoms with Gasteiger partial charge in [0.1, 0.15) is 16.0 Å². The van der Waals surface area contributed by atoms with E-state index in [0.29, 0.717) is 10.4 Å². The van der Waals surface area contributed by atoms with Crippen molar-refractivity contribution in [3.8, 4) is 0 Å². The summed E-state index contributed by atoms with van der Waals surface area (Å²) in [5.74, 6) is 0.00720. The predicted molar refractivity (Wildman–Crippen MR) is 101 cm³/mol. The second-order valence-electron chi connectivity index (χ2n) is 9.26. The van der Waals surface area contributed by atoms with Crippen LogP contribution >= 0.6 is 11.3 Å². The first-order valence-electron chi connectivity index (χ1n) is 8.83. The molecule has 0 fully saturated rings. The lowest BCUT2D eigenvalue weighted by Crippen LogP contribution is -2.53. The van der Waals surface area contributed by atoms with Gasteiger partial charge in [-0.05, 0) is 61.5 Å². The van der Waals surface area contributed by atoms with E-state index in [1.807, 2.05) is 0 Å². The van der Waals surface area contributed by atoms with Gasteiger partial charge >= 0.3 is 11.7 Å². The predicted octanol–water partition coefficient (Wildman–Crippen LogP) is 2.70. The molecule has 0 aliphatic carbocycles. The van der Waals surface area contributed by atoms with Crippen molar-refractivity contribution in [2.75, 3.05) is 0 Å². The summed E-state index contributed by atoms with van der Waals surface area (Å²) in [5, 5.41) is 54.3. The minimum absolute atomic E-state index is 0.000449. The van der Waals surface area contributed by atoms with Crippen LogP contribution in [0, 0.1) is 10.4 Å². The fraction of sp³-hybridized carbons (Fsp3) is 0.667. The normalized spacial score (nSPS) is 25.7. The molecule has 0 saturated carbocycles. The Bertz CT molecular complexity index is 798. The second-order valence-corrected chi connectivity index (χ2v) is 10.2. The van der Waals surface area contributed by atoms with Crippen molar-refractivity contribution in [2.24, 2.45) is 0 Å². The molecule has 148 valence electrons. The molecule has 0 spiro atoms. The van der Waals surface area contributed by atoms with Gasteiger partial charge in [-0.25, -0.2) is 0 Å². The molecule has 3 heterocycles. The summed E-state index contributed by atoms with van der Waals surface area (Å²) in [4.78, 5) is 0.436. The number of hydroxylamine groups is 6. The molecule has 1 aromatic rings. The average Bonchev–Trinajstić information content (AvgIpc) is 3.09. The fourth-order valence-corrected chi connectivity index (χ4v) is 4.12. The van der Waals surface area contributed by atoms with Gasteiger partial charge in [-0.1, -0.05) is 10.1 Å². The highest BCUT2D eigenvalue weighted by molar-refractivity contribution is 7.12. The van der Waals surface area contributed by atoms with Crippen LogP contribution in [0.3, 0.4) is 0 Å².